The van der Waals surface area contributed by atoms with Gasteiger partial charge in [-0.3, -0.25) is 4.79 Å². The number of fused-ring (bicyclic) bond motifs is 3. The van der Waals surface area contributed by atoms with E-state index in [-0.39, 0.29) is 5.60 Å². The number of hydrogen-bond donors (Lipinski definition) is 0. The molecule has 0 radical (unpaired) electrons. The van der Waals surface area contributed by atoms with Crippen molar-refractivity contribution in [3.63, 3.8) is 0 Å². The zero-order valence-electron chi connectivity index (χ0n) is 10.5. The highest BCUT2D eigenvalue weighted by atomic mass is 16.6. The number of epoxide rings is 1. The smallest absolute Gasteiger partial charge is 0.136 e. The van der Waals surface area contributed by atoms with Crippen LogP contribution in [0, 0.1) is 23.7 Å². The van der Waals surface area contributed by atoms with E-state index in [2.05, 4.69) is 20.8 Å². The molecule has 2 aliphatic carbocycles. The quantitative estimate of drug-likeness (QED) is 0.638. The topological polar surface area (TPSA) is 29.6 Å². The monoisotopic (exact) mass is 222 g/mol. The van der Waals surface area contributed by atoms with E-state index in [9.17, 15) is 4.79 Å². The second-order valence-corrected chi connectivity index (χ2v) is 6.49. The molecular weight excluding hydrogens is 200 g/mol. The third kappa shape index (κ3) is 1.38. The first-order valence-corrected chi connectivity index (χ1v) is 6.73. The van der Waals surface area contributed by atoms with Crippen molar-refractivity contribution in [2.75, 3.05) is 0 Å². The maximum absolute atomic E-state index is 12.0. The fourth-order valence-electron chi connectivity index (χ4n) is 4.15. The third-order valence-corrected chi connectivity index (χ3v) is 5.20. The minimum absolute atomic E-state index is 0.131. The van der Waals surface area contributed by atoms with E-state index < -0.39 is 0 Å². The second-order valence-electron chi connectivity index (χ2n) is 6.49. The van der Waals surface area contributed by atoms with Gasteiger partial charge in [-0.2, -0.15) is 0 Å². The number of carbonyl (C=O) groups excluding carboxylic acids is 1. The molecule has 5 atom stereocenters. The highest BCUT2D eigenvalue weighted by Crippen LogP contribution is 2.58. The van der Waals surface area contributed by atoms with E-state index in [1.165, 1.54) is 0 Å². The van der Waals surface area contributed by atoms with Crippen molar-refractivity contribution in [2.24, 2.45) is 23.7 Å². The van der Waals surface area contributed by atoms with Crippen LogP contribution in [0.5, 0.6) is 0 Å². The van der Waals surface area contributed by atoms with Gasteiger partial charge < -0.3 is 4.74 Å². The molecule has 1 aliphatic heterocycles. The summed E-state index contributed by atoms with van der Waals surface area (Å²) in [5, 5.41) is 0. The van der Waals surface area contributed by atoms with Gasteiger partial charge in [-0.25, -0.2) is 0 Å². The summed E-state index contributed by atoms with van der Waals surface area (Å²) in [7, 11) is 0. The summed E-state index contributed by atoms with van der Waals surface area (Å²) in [6.45, 7) is 6.82. The van der Waals surface area contributed by atoms with Gasteiger partial charge in [0.2, 0.25) is 0 Å². The Bertz CT molecular complexity index is 323. The Morgan fingerprint density at radius 3 is 2.81 bits per heavy atom. The number of hydrogen-bond acceptors (Lipinski definition) is 2. The summed E-state index contributed by atoms with van der Waals surface area (Å²) in [5.74, 6) is 2.75. The van der Waals surface area contributed by atoms with E-state index in [0.29, 0.717) is 35.6 Å². The van der Waals surface area contributed by atoms with Gasteiger partial charge in [0.05, 0.1) is 11.7 Å². The molecule has 1 heterocycles. The molecule has 0 bridgehead atoms. The van der Waals surface area contributed by atoms with Gasteiger partial charge >= 0.3 is 0 Å². The molecule has 0 aromatic carbocycles. The number of ether oxygens (including phenoxy) is 1. The van der Waals surface area contributed by atoms with Gasteiger partial charge in [-0.1, -0.05) is 13.8 Å². The summed E-state index contributed by atoms with van der Waals surface area (Å²) < 4.78 is 5.91. The fraction of sp³-hybridized carbons (Fsp3) is 0.929. The summed E-state index contributed by atoms with van der Waals surface area (Å²) in [6, 6.07) is 0. The van der Waals surface area contributed by atoms with Crippen LogP contribution in [0.3, 0.4) is 0 Å². The summed E-state index contributed by atoms with van der Waals surface area (Å²) in [4.78, 5) is 12.0. The summed E-state index contributed by atoms with van der Waals surface area (Å²) in [5.41, 5.74) is 0.131. The Labute approximate surface area is 97.7 Å². The zero-order chi connectivity index (χ0) is 11.5. The molecular formula is C14H22O2. The number of rotatable bonds is 1. The number of ketones is 1. The average molecular weight is 222 g/mol. The first-order chi connectivity index (χ1) is 7.53. The van der Waals surface area contributed by atoms with Crippen LogP contribution in [0.25, 0.3) is 0 Å². The maximum Gasteiger partial charge on any atom is 0.136 e. The largest absolute Gasteiger partial charge is 0.366 e. The van der Waals surface area contributed by atoms with Crippen molar-refractivity contribution in [1.29, 1.82) is 0 Å². The highest BCUT2D eigenvalue weighted by Gasteiger charge is 2.64. The van der Waals surface area contributed by atoms with Gasteiger partial charge in [-0.05, 0) is 38.0 Å². The average Bonchev–Trinajstić information content (AvgIpc) is 2.90. The molecule has 2 saturated carbocycles. The van der Waals surface area contributed by atoms with Crippen LogP contribution in [-0.4, -0.2) is 17.5 Å². The molecule has 0 spiro atoms. The van der Waals surface area contributed by atoms with Crippen LogP contribution in [0.4, 0.5) is 0 Å². The van der Waals surface area contributed by atoms with Gasteiger partial charge in [-0.15, -0.1) is 0 Å². The molecule has 90 valence electrons. The summed E-state index contributed by atoms with van der Waals surface area (Å²) >= 11 is 0. The lowest BCUT2D eigenvalue weighted by molar-refractivity contribution is -0.130. The first-order valence-electron chi connectivity index (χ1n) is 6.73. The molecule has 1 saturated heterocycles. The van der Waals surface area contributed by atoms with Gasteiger partial charge in [0.25, 0.3) is 0 Å². The van der Waals surface area contributed by atoms with E-state index in [0.717, 1.165) is 25.7 Å². The van der Waals surface area contributed by atoms with E-state index in [1.807, 2.05) is 0 Å². The van der Waals surface area contributed by atoms with Crippen LogP contribution < -0.4 is 0 Å². The molecule has 2 nitrogen and oxygen atoms in total. The van der Waals surface area contributed by atoms with Gasteiger partial charge in [0, 0.05) is 18.3 Å². The molecule has 0 aromatic rings. The van der Waals surface area contributed by atoms with Crippen molar-refractivity contribution in [2.45, 2.75) is 58.2 Å². The van der Waals surface area contributed by atoms with Crippen molar-refractivity contribution in [3.8, 4) is 0 Å². The molecule has 16 heavy (non-hydrogen) atoms. The Kier molecular flexibility index (Phi) is 2.23. The van der Waals surface area contributed by atoms with Crippen molar-refractivity contribution < 1.29 is 9.53 Å². The van der Waals surface area contributed by atoms with Crippen LogP contribution in [0.15, 0.2) is 0 Å². The van der Waals surface area contributed by atoms with Crippen LogP contribution in [-0.2, 0) is 9.53 Å². The predicted octanol–water partition coefficient (Wildman–Crippen LogP) is 2.81. The number of Topliss-reactive ketones (excluding diaryl/α,β-unsaturated/α-hetero) is 1. The first kappa shape index (κ1) is 10.8. The lowest BCUT2D eigenvalue weighted by Gasteiger charge is -2.41. The normalized spacial score (nSPS) is 51.1. The Hall–Kier alpha value is -0.370. The molecule has 2 heteroatoms. The summed E-state index contributed by atoms with van der Waals surface area (Å²) in [6.07, 6.45) is 4.46. The minimum atomic E-state index is 0.131. The molecule has 3 rings (SSSR count). The molecule has 3 fully saturated rings. The Balaban J connectivity index is 1.88. The standard InChI is InChI=1S/C14H22O2/c1-8(2)9-4-5-11(15)10-6-7-14(3)13(16-14)12(9)10/h8-10,12-13H,4-7H2,1-3H3/t9-,10+,12-,13+,14-/m1/s1. The maximum atomic E-state index is 12.0. The lowest BCUT2D eigenvalue weighted by Crippen LogP contribution is -2.45. The van der Waals surface area contributed by atoms with Crippen molar-refractivity contribution >= 4 is 5.78 Å². The lowest BCUT2D eigenvalue weighted by atomic mass is 9.60. The molecule has 0 N–H and O–H groups in total. The molecule has 3 aliphatic rings. The van der Waals surface area contributed by atoms with E-state index in [4.69, 9.17) is 4.74 Å². The zero-order valence-corrected chi connectivity index (χ0v) is 10.5. The molecule has 0 amide bonds. The molecule has 0 unspecified atom stereocenters. The highest BCUT2D eigenvalue weighted by molar-refractivity contribution is 5.82. The van der Waals surface area contributed by atoms with Gasteiger partial charge in [0.15, 0.2) is 0 Å². The second kappa shape index (κ2) is 3.32. The van der Waals surface area contributed by atoms with Crippen molar-refractivity contribution in [3.05, 3.63) is 0 Å². The Morgan fingerprint density at radius 2 is 2.12 bits per heavy atom. The predicted molar refractivity (Wildman–Crippen MR) is 62.1 cm³/mol. The van der Waals surface area contributed by atoms with Crippen LogP contribution in [0.1, 0.15) is 46.5 Å². The SMILES string of the molecule is CC(C)[C@H]1CCC(=O)[C@@H]2CC[C@@]3(C)O[C@H]3[C@H]12. The van der Waals surface area contributed by atoms with Crippen molar-refractivity contribution in [1.82, 2.24) is 0 Å². The Morgan fingerprint density at radius 1 is 1.38 bits per heavy atom. The van der Waals surface area contributed by atoms with Gasteiger partial charge in [0.1, 0.15) is 5.78 Å². The third-order valence-electron chi connectivity index (χ3n) is 5.20. The molecule has 0 aromatic heterocycles. The number of carbonyl (C=O) groups is 1. The van der Waals surface area contributed by atoms with Crippen LogP contribution >= 0.6 is 0 Å². The van der Waals surface area contributed by atoms with Crippen LogP contribution in [0.2, 0.25) is 0 Å². The van der Waals surface area contributed by atoms with E-state index >= 15 is 0 Å². The van der Waals surface area contributed by atoms with E-state index in [1.54, 1.807) is 0 Å². The fourth-order valence-corrected chi connectivity index (χ4v) is 4.15. The minimum Gasteiger partial charge on any atom is -0.366 e.